The first-order chi connectivity index (χ1) is 35.7. The quantitative estimate of drug-likeness (QED) is 0.0577. The van der Waals surface area contributed by atoms with Gasteiger partial charge in [-0.25, -0.2) is 0 Å². The SMILES string of the molecule is C1CCN(C(=NCCCN=C(N2CCCCC2)N2CCCCC2)N2CCCCC2)CC1.C1CCN(C(=NCCCN=C(N2CCCCC2)N2CCCCC2)N2CCCCC2)CC1.F[P-](F)(F)(F)(F)F.F[P-](F)(F)(F)(F)F.[Cu+2].[Cu+2].[OH-].[OH-]. The fourth-order valence-electron chi connectivity index (χ4n) is 11.2. The van der Waals surface area contributed by atoms with Crippen molar-refractivity contribution >= 4 is 39.5 Å². The minimum atomic E-state index is -10.7. The van der Waals surface area contributed by atoms with Crippen LogP contribution >= 0.6 is 15.6 Å². The third kappa shape index (κ3) is 35.4. The van der Waals surface area contributed by atoms with E-state index in [0.29, 0.717) is 0 Å². The van der Waals surface area contributed by atoms with E-state index in [1.54, 1.807) is 0 Å². The van der Waals surface area contributed by atoms with Crippen molar-refractivity contribution in [1.82, 2.24) is 39.2 Å². The van der Waals surface area contributed by atoms with Crippen molar-refractivity contribution in [1.29, 1.82) is 0 Å². The van der Waals surface area contributed by atoms with E-state index in [0.717, 1.165) is 39.0 Å². The zero-order chi connectivity index (χ0) is 55.1. The molecule has 482 valence electrons. The van der Waals surface area contributed by atoms with Crippen LogP contribution < -0.4 is 0 Å². The second-order valence-corrected chi connectivity index (χ2v) is 25.6. The van der Waals surface area contributed by atoms with Crippen LogP contribution in [0.25, 0.3) is 0 Å². The molecule has 0 amide bonds. The van der Waals surface area contributed by atoms with Gasteiger partial charge in [0.15, 0.2) is 23.8 Å². The Balaban J connectivity index is 0.000000621. The fourth-order valence-corrected chi connectivity index (χ4v) is 11.2. The molecule has 0 saturated carbocycles. The van der Waals surface area contributed by atoms with Crippen LogP contribution in [0.15, 0.2) is 20.0 Å². The molecule has 0 aromatic rings. The minimum Gasteiger partial charge on any atom is -0.870 e. The van der Waals surface area contributed by atoms with E-state index in [9.17, 15) is 50.4 Å². The van der Waals surface area contributed by atoms with Crippen molar-refractivity contribution in [3.05, 3.63) is 0 Å². The number of hydrogen-bond acceptors (Lipinski definition) is 6. The number of hydrogen-bond donors (Lipinski definition) is 0. The Morgan fingerprint density at radius 1 is 0.225 bits per heavy atom. The number of guanidine groups is 4. The molecular formula is C50H94Cu2F12N12O2P2. The van der Waals surface area contributed by atoms with Gasteiger partial charge >= 0.3 is 100 Å². The maximum absolute atomic E-state index is 10.7. The Kier molecular flexibility index (Phi) is 32.6. The van der Waals surface area contributed by atoms with Crippen molar-refractivity contribution < 1.29 is 95.5 Å². The summed E-state index contributed by atoms with van der Waals surface area (Å²) in [6, 6.07) is 0. The number of halogens is 12. The molecule has 8 rings (SSSR count). The van der Waals surface area contributed by atoms with Crippen molar-refractivity contribution in [2.75, 3.05) is 131 Å². The summed E-state index contributed by atoms with van der Waals surface area (Å²) < 4.78 is 118. The van der Waals surface area contributed by atoms with Crippen molar-refractivity contribution in [2.24, 2.45) is 20.0 Å². The summed E-state index contributed by atoms with van der Waals surface area (Å²) in [5, 5.41) is 0. The van der Waals surface area contributed by atoms with E-state index < -0.39 is 15.6 Å². The first kappa shape index (κ1) is 76.1. The van der Waals surface area contributed by atoms with Crippen LogP contribution in [0.3, 0.4) is 0 Å². The number of likely N-dealkylation sites (tertiary alicyclic amines) is 8. The Hall–Kier alpha value is -1.94. The summed E-state index contributed by atoms with van der Waals surface area (Å²) in [5.41, 5.74) is 0. The third-order valence-corrected chi connectivity index (χ3v) is 14.8. The summed E-state index contributed by atoms with van der Waals surface area (Å²) in [7, 11) is -21.3. The number of nitrogens with zero attached hydrogens (tertiary/aromatic N) is 12. The van der Waals surface area contributed by atoms with Gasteiger partial charge in [0.2, 0.25) is 0 Å². The summed E-state index contributed by atoms with van der Waals surface area (Å²) in [5.74, 6) is 5.21. The molecule has 0 spiro atoms. The maximum atomic E-state index is 9.87. The zero-order valence-corrected chi connectivity index (χ0v) is 50.5. The Morgan fingerprint density at radius 3 is 0.425 bits per heavy atom. The topological polar surface area (TPSA) is 135 Å². The van der Waals surface area contributed by atoms with Crippen LogP contribution in [0.2, 0.25) is 0 Å². The molecule has 8 saturated heterocycles. The van der Waals surface area contributed by atoms with Crippen molar-refractivity contribution in [3.8, 4) is 0 Å². The number of piperidine rings is 8. The standard InChI is InChI=1S/2C25H46N6.2Cu.2F6P.2H2O/c2*1-5-16-28(17-6-1)24(29-18-7-2-8-19-29)26-14-13-15-27-25(30-20-9-3-10-21-30)31-22-11-4-12-23-31;;;2*1-7(2,3,4,5)6;;/h2*1-23H2;;;;;2*1H2/q;;2*+2;2*-1;;/p-2. The van der Waals surface area contributed by atoms with Crippen LogP contribution in [0, 0.1) is 0 Å². The van der Waals surface area contributed by atoms with Gasteiger partial charge in [0.05, 0.1) is 0 Å². The van der Waals surface area contributed by atoms with E-state index >= 15 is 0 Å². The summed E-state index contributed by atoms with van der Waals surface area (Å²) in [4.78, 5) is 41.3. The Morgan fingerprint density at radius 2 is 0.325 bits per heavy atom. The molecular weight excluding hydrogens is 1220 g/mol. The zero-order valence-electron chi connectivity index (χ0n) is 46.8. The molecule has 8 aliphatic heterocycles. The molecule has 0 atom stereocenters. The summed E-state index contributed by atoms with van der Waals surface area (Å²) in [6.45, 7) is 22.8. The smallest absolute Gasteiger partial charge is 0.870 e. The molecule has 30 heteroatoms. The number of aliphatic imine (C=N–C) groups is 4. The van der Waals surface area contributed by atoms with Gasteiger partial charge in [0.1, 0.15) is 0 Å². The maximum Gasteiger partial charge on any atom is 2.00 e. The molecule has 8 heterocycles. The van der Waals surface area contributed by atoms with E-state index in [1.807, 2.05) is 0 Å². The van der Waals surface area contributed by atoms with Crippen LogP contribution in [-0.2, 0) is 34.1 Å². The van der Waals surface area contributed by atoms with Crippen LogP contribution in [0.1, 0.15) is 167 Å². The van der Waals surface area contributed by atoms with Gasteiger partial charge in [-0.05, 0) is 167 Å². The average molecular weight is 1310 g/mol. The Bertz CT molecular complexity index is 1490. The molecule has 8 aliphatic rings. The van der Waals surface area contributed by atoms with E-state index in [4.69, 9.17) is 20.0 Å². The minimum absolute atomic E-state index is 0. The largest absolute Gasteiger partial charge is 2.00 e. The average Bonchev–Trinajstić information content (AvgIpc) is 3.39. The molecule has 14 nitrogen and oxygen atoms in total. The predicted molar refractivity (Wildman–Crippen MR) is 293 cm³/mol. The van der Waals surface area contributed by atoms with E-state index in [1.165, 1.54) is 283 Å². The molecule has 0 aromatic heterocycles. The Labute approximate surface area is 489 Å². The third-order valence-electron chi connectivity index (χ3n) is 14.8. The monoisotopic (exact) mass is 1310 g/mol. The summed E-state index contributed by atoms with van der Waals surface area (Å²) >= 11 is 0. The fraction of sp³-hybridized carbons (Fsp3) is 0.920. The molecule has 0 unspecified atom stereocenters. The molecule has 0 bridgehead atoms. The molecule has 0 aromatic carbocycles. The second kappa shape index (κ2) is 34.3. The van der Waals surface area contributed by atoms with Crippen LogP contribution in [0.5, 0.6) is 0 Å². The second-order valence-electron chi connectivity index (χ2n) is 21.7. The van der Waals surface area contributed by atoms with Crippen LogP contribution in [0.4, 0.5) is 50.4 Å². The normalized spacial score (nSPS) is 21.9. The van der Waals surface area contributed by atoms with Crippen LogP contribution in [-0.4, -0.2) is 205 Å². The molecule has 0 aliphatic carbocycles. The van der Waals surface area contributed by atoms with Gasteiger partial charge < -0.3 is 50.2 Å². The molecule has 80 heavy (non-hydrogen) atoms. The first-order valence-electron chi connectivity index (χ1n) is 29.0. The summed E-state index contributed by atoms with van der Waals surface area (Å²) in [6.07, 6.45) is 34.4. The first-order valence-corrected chi connectivity index (χ1v) is 33.1. The van der Waals surface area contributed by atoms with Crippen molar-refractivity contribution in [2.45, 2.75) is 167 Å². The van der Waals surface area contributed by atoms with Crippen molar-refractivity contribution in [3.63, 3.8) is 0 Å². The molecule has 8 fully saturated rings. The van der Waals surface area contributed by atoms with Gasteiger partial charge in [-0.3, -0.25) is 20.0 Å². The van der Waals surface area contributed by atoms with Gasteiger partial charge in [-0.1, -0.05) is 0 Å². The van der Waals surface area contributed by atoms with Gasteiger partial charge in [-0.15, -0.1) is 0 Å². The number of rotatable bonds is 8. The van der Waals surface area contributed by atoms with E-state index in [2.05, 4.69) is 39.2 Å². The van der Waals surface area contributed by atoms with E-state index in [-0.39, 0.29) is 45.1 Å². The van der Waals surface area contributed by atoms with Gasteiger partial charge in [0, 0.05) is 131 Å². The molecule has 2 N–H and O–H groups in total. The van der Waals surface area contributed by atoms with Gasteiger partial charge in [0.25, 0.3) is 0 Å². The molecule has 2 radical (unpaired) electrons. The van der Waals surface area contributed by atoms with Gasteiger partial charge in [-0.2, -0.15) is 0 Å². The predicted octanol–water partition coefficient (Wildman–Crippen LogP) is 14.5.